The van der Waals surface area contributed by atoms with Crippen molar-refractivity contribution in [2.24, 2.45) is 0 Å². The lowest BCUT2D eigenvalue weighted by Crippen LogP contribution is -2.36. The highest BCUT2D eigenvalue weighted by molar-refractivity contribution is 6.36. The average molecular weight is 370 g/mol. The molecule has 2 unspecified atom stereocenters. The third-order valence-corrected chi connectivity index (χ3v) is 3.99. The molecule has 0 fully saturated rings. The van der Waals surface area contributed by atoms with Crippen molar-refractivity contribution in [1.29, 1.82) is 0 Å². The second-order valence-electron chi connectivity index (χ2n) is 5.09. The predicted molar refractivity (Wildman–Crippen MR) is 92.1 cm³/mol. The van der Waals surface area contributed by atoms with E-state index in [2.05, 4.69) is 5.32 Å². The minimum Gasteiger partial charge on any atom is -0.445 e. The topological polar surface area (TPSA) is 78.8 Å². The summed E-state index contributed by atoms with van der Waals surface area (Å²) >= 11 is 12.0. The van der Waals surface area contributed by atoms with Crippen molar-refractivity contribution in [1.82, 2.24) is 5.32 Å². The molecule has 0 aromatic heterocycles. The molecule has 0 aliphatic carbocycles. The van der Waals surface area contributed by atoms with Gasteiger partial charge in [-0.05, 0) is 17.7 Å². The molecule has 7 heteroatoms. The summed E-state index contributed by atoms with van der Waals surface area (Å²) in [5.41, 5.74) is 1.06. The summed E-state index contributed by atoms with van der Waals surface area (Å²) in [6, 6.07) is 13.9. The normalized spacial score (nSPS) is 13.2. The Morgan fingerprint density at radius 3 is 2.29 bits per heavy atom. The molecule has 2 rings (SSSR count). The zero-order valence-corrected chi connectivity index (χ0v) is 14.2. The van der Waals surface area contributed by atoms with E-state index in [4.69, 9.17) is 27.9 Å². The SMILES string of the molecule is O=C(NCC(O)C(O)c1c(Cl)cccc1Cl)OCc1ccccc1. The lowest BCUT2D eigenvalue weighted by molar-refractivity contribution is 0.0185. The molecule has 3 N–H and O–H groups in total. The van der Waals surface area contributed by atoms with Gasteiger partial charge in [0.05, 0.1) is 0 Å². The van der Waals surface area contributed by atoms with E-state index in [0.29, 0.717) is 0 Å². The van der Waals surface area contributed by atoms with Crippen LogP contribution in [0.5, 0.6) is 0 Å². The molecule has 0 aliphatic rings. The van der Waals surface area contributed by atoms with Crippen molar-refractivity contribution in [2.45, 2.75) is 18.8 Å². The second-order valence-corrected chi connectivity index (χ2v) is 5.90. The van der Waals surface area contributed by atoms with Gasteiger partial charge in [0.25, 0.3) is 0 Å². The molecule has 0 radical (unpaired) electrons. The third kappa shape index (κ3) is 5.11. The van der Waals surface area contributed by atoms with Crippen molar-refractivity contribution < 1.29 is 19.7 Å². The van der Waals surface area contributed by atoms with Gasteiger partial charge in [-0.1, -0.05) is 59.6 Å². The van der Waals surface area contributed by atoms with Crippen LogP contribution in [0, 0.1) is 0 Å². The Hall–Kier alpha value is -1.79. The monoisotopic (exact) mass is 369 g/mol. The Labute approximate surface area is 149 Å². The number of benzene rings is 2. The van der Waals surface area contributed by atoms with E-state index in [9.17, 15) is 15.0 Å². The maximum atomic E-state index is 11.6. The number of hydrogen-bond acceptors (Lipinski definition) is 4. The number of aliphatic hydroxyl groups excluding tert-OH is 2. The van der Waals surface area contributed by atoms with Crippen LogP contribution in [-0.4, -0.2) is 29.0 Å². The van der Waals surface area contributed by atoms with Gasteiger partial charge in [0.15, 0.2) is 0 Å². The van der Waals surface area contributed by atoms with Gasteiger partial charge in [-0.3, -0.25) is 0 Å². The summed E-state index contributed by atoms with van der Waals surface area (Å²) in [6.45, 7) is -0.0992. The summed E-state index contributed by atoms with van der Waals surface area (Å²) in [5.74, 6) is 0. The van der Waals surface area contributed by atoms with E-state index in [1.54, 1.807) is 18.2 Å². The molecule has 0 spiro atoms. The predicted octanol–water partition coefficient (Wildman–Crippen LogP) is 3.31. The Morgan fingerprint density at radius 1 is 1.04 bits per heavy atom. The van der Waals surface area contributed by atoms with E-state index in [-0.39, 0.29) is 28.8 Å². The largest absolute Gasteiger partial charge is 0.445 e. The fraction of sp³-hybridized carbons (Fsp3) is 0.235. The van der Waals surface area contributed by atoms with Crippen molar-refractivity contribution in [3.63, 3.8) is 0 Å². The molecule has 2 aromatic carbocycles. The van der Waals surface area contributed by atoms with Gasteiger partial charge < -0.3 is 20.3 Å². The summed E-state index contributed by atoms with van der Waals surface area (Å²) < 4.78 is 5.02. The van der Waals surface area contributed by atoms with Crippen molar-refractivity contribution >= 4 is 29.3 Å². The molecule has 0 aliphatic heterocycles. The lowest BCUT2D eigenvalue weighted by Gasteiger charge is -2.20. The Bertz CT molecular complexity index is 661. The van der Waals surface area contributed by atoms with Crippen molar-refractivity contribution in [3.8, 4) is 0 Å². The molecule has 2 atom stereocenters. The Balaban J connectivity index is 1.83. The maximum absolute atomic E-state index is 11.6. The standard InChI is InChI=1S/C17H17Cl2NO4/c18-12-7-4-8-13(19)15(12)16(22)14(21)9-20-17(23)24-10-11-5-2-1-3-6-11/h1-8,14,16,21-22H,9-10H2,(H,20,23). The van der Waals surface area contributed by atoms with E-state index in [1.165, 1.54) is 0 Å². The van der Waals surface area contributed by atoms with Crippen LogP contribution in [-0.2, 0) is 11.3 Å². The van der Waals surface area contributed by atoms with E-state index < -0.39 is 18.3 Å². The number of carbonyl (C=O) groups excluding carboxylic acids is 1. The minimum atomic E-state index is -1.33. The fourth-order valence-corrected chi connectivity index (χ4v) is 2.68. The van der Waals surface area contributed by atoms with Crippen LogP contribution in [0.15, 0.2) is 48.5 Å². The van der Waals surface area contributed by atoms with Crippen molar-refractivity contribution in [2.75, 3.05) is 6.54 Å². The highest BCUT2D eigenvalue weighted by Crippen LogP contribution is 2.31. The van der Waals surface area contributed by atoms with Gasteiger partial charge >= 0.3 is 6.09 Å². The van der Waals surface area contributed by atoms with E-state index in [1.807, 2.05) is 30.3 Å². The quantitative estimate of drug-likeness (QED) is 0.729. The number of aliphatic hydroxyl groups is 2. The fourth-order valence-electron chi connectivity index (χ4n) is 2.06. The number of nitrogens with one attached hydrogen (secondary N) is 1. The van der Waals surface area contributed by atoms with E-state index in [0.717, 1.165) is 5.56 Å². The molecule has 5 nitrogen and oxygen atoms in total. The third-order valence-electron chi connectivity index (χ3n) is 3.33. The molecule has 0 saturated heterocycles. The molecule has 0 heterocycles. The van der Waals surface area contributed by atoms with E-state index >= 15 is 0 Å². The van der Waals surface area contributed by atoms with Crippen LogP contribution in [0.3, 0.4) is 0 Å². The summed E-state index contributed by atoms with van der Waals surface area (Å²) in [6.07, 6.45) is -3.32. The van der Waals surface area contributed by atoms with Crippen LogP contribution in [0.4, 0.5) is 4.79 Å². The number of carbonyl (C=O) groups is 1. The zero-order valence-electron chi connectivity index (χ0n) is 12.7. The molecule has 2 aromatic rings. The number of halogens is 2. The molecule has 0 bridgehead atoms. The molecule has 0 saturated carbocycles. The lowest BCUT2D eigenvalue weighted by atomic mass is 10.0. The van der Waals surface area contributed by atoms with Crippen LogP contribution in [0.2, 0.25) is 10.0 Å². The zero-order chi connectivity index (χ0) is 17.5. The Kier molecular flexibility index (Phi) is 6.87. The Morgan fingerprint density at radius 2 is 1.67 bits per heavy atom. The highest BCUT2D eigenvalue weighted by atomic mass is 35.5. The minimum absolute atomic E-state index is 0.113. The first-order valence-corrected chi connectivity index (χ1v) is 7.99. The van der Waals surface area contributed by atoms with Gasteiger partial charge in [0, 0.05) is 22.2 Å². The number of ether oxygens (including phenoxy) is 1. The van der Waals surface area contributed by atoms with Crippen LogP contribution in [0.25, 0.3) is 0 Å². The van der Waals surface area contributed by atoms with Gasteiger partial charge in [-0.25, -0.2) is 4.79 Å². The van der Waals surface area contributed by atoms with Crippen LogP contribution >= 0.6 is 23.2 Å². The van der Waals surface area contributed by atoms with Gasteiger partial charge in [0.2, 0.25) is 0 Å². The molecular weight excluding hydrogens is 353 g/mol. The van der Waals surface area contributed by atoms with Gasteiger partial charge in [-0.2, -0.15) is 0 Å². The maximum Gasteiger partial charge on any atom is 0.407 e. The first kappa shape index (κ1) is 18.5. The van der Waals surface area contributed by atoms with Crippen LogP contribution < -0.4 is 5.32 Å². The average Bonchev–Trinajstić information content (AvgIpc) is 2.58. The van der Waals surface area contributed by atoms with Crippen LogP contribution in [0.1, 0.15) is 17.2 Å². The second kappa shape index (κ2) is 8.89. The first-order chi connectivity index (χ1) is 11.5. The highest BCUT2D eigenvalue weighted by Gasteiger charge is 2.23. The smallest absolute Gasteiger partial charge is 0.407 e. The number of hydrogen-bond donors (Lipinski definition) is 3. The van der Waals surface area contributed by atoms with Gasteiger partial charge in [0.1, 0.15) is 18.8 Å². The molecule has 1 amide bonds. The summed E-state index contributed by atoms with van der Waals surface area (Å²) in [7, 11) is 0. The number of alkyl carbamates (subject to hydrolysis) is 1. The molecule has 24 heavy (non-hydrogen) atoms. The van der Waals surface area contributed by atoms with Crippen molar-refractivity contribution in [3.05, 3.63) is 69.7 Å². The van der Waals surface area contributed by atoms with Gasteiger partial charge in [-0.15, -0.1) is 0 Å². The molecule has 128 valence electrons. The number of amides is 1. The summed E-state index contributed by atoms with van der Waals surface area (Å²) in [5, 5.41) is 23.0. The first-order valence-electron chi connectivity index (χ1n) is 7.23. The molecular formula is C17H17Cl2NO4. The summed E-state index contributed by atoms with van der Waals surface area (Å²) in [4.78, 5) is 11.6. The number of rotatable bonds is 6.